The molecule has 2 heteroatoms. The van der Waals surface area contributed by atoms with Gasteiger partial charge in [-0.3, -0.25) is 4.90 Å². The van der Waals surface area contributed by atoms with Crippen molar-refractivity contribution in [3.8, 4) is 0 Å². The molecule has 2 nitrogen and oxygen atoms in total. The molecule has 1 fully saturated rings. The van der Waals surface area contributed by atoms with Gasteiger partial charge in [-0.1, -0.05) is 0 Å². The first kappa shape index (κ1) is 10.0. The Bertz CT molecular complexity index is 119. The van der Waals surface area contributed by atoms with Crippen LogP contribution in [0.1, 0.15) is 26.7 Å². The zero-order chi connectivity index (χ0) is 8.97. The van der Waals surface area contributed by atoms with Crippen molar-refractivity contribution in [1.82, 2.24) is 10.2 Å². The summed E-state index contributed by atoms with van der Waals surface area (Å²) >= 11 is 0. The van der Waals surface area contributed by atoms with E-state index in [9.17, 15) is 0 Å². The van der Waals surface area contributed by atoms with Crippen LogP contribution in [-0.2, 0) is 0 Å². The van der Waals surface area contributed by atoms with Gasteiger partial charge in [-0.15, -0.1) is 0 Å². The van der Waals surface area contributed by atoms with Gasteiger partial charge in [0, 0.05) is 25.7 Å². The standard InChI is InChI=1S/C10H22N2/c1-9(2)12(7-6-11-3)8-10-4-5-10/h9-11H,4-8H2,1-3H3. The molecule has 1 N–H and O–H groups in total. The van der Waals surface area contributed by atoms with E-state index in [1.54, 1.807) is 0 Å². The first-order valence-electron chi connectivity index (χ1n) is 5.12. The molecular weight excluding hydrogens is 148 g/mol. The Labute approximate surface area is 76.3 Å². The predicted octanol–water partition coefficient (Wildman–Crippen LogP) is 1.33. The van der Waals surface area contributed by atoms with Gasteiger partial charge in [0.25, 0.3) is 0 Å². The zero-order valence-electron chi connectivity index (χ0n) is 8.64. The summed E-state index contributed by atoms with van der Waals surface area (Å²) in [5.74, 6) is 1.02. The van der Waals surface area contributed by atoms with Gasteiger partial charge in [-0.05, 0) is 39.7 Å². The van der Waals surface area contributed by atoms with Crippen LogP contribution in [0.25, 0.3) is 0 Å². The molecule has 0 aliphatic heterocycles. The molecular formula is C10H22N2. The van der Waals surface area contributed by atoms with Crippen LogP contribution in [0.2, 0.25) is 0 Å². The van der Waals surface area contributed by atoms with Crippen LogP contribution in [0, 0.1) is 5.92 Å². The third-order valence-corrected chi connectivity index (χ3v) is 2.57. The van der Waals surface area contributed by atoms with Crippen molar-refractivity contribution in [3.05, 3.63) is 0 Å². The number of hydrogen-bond acceptors (Lipinski definition) is 2. The minimum Gasteiger partial charge on any atom is -0.318 e. The summed E-state index contributed by atoms with van der Waals surface area (Å²) in [5.41, 5.74) is 0. The predicted molar refractivity (Wildman–Crippen MR) is 53.4 cm³/mol. The Morgan fingerprint density at radius 2 is 2.08 bits per heavy atom. The fraction of sp³-hybridized carbons (Fsp3) is 1.00. The molecule has 0 saturated heterocycles. The van der Waals surface area contributed by atoms with Gasteiger partial charge in [0.15, 0.2) is 0 Å². The minimum atomic E-state index is 0.707. The lowest BCUT2D eigenvalue weighted by atomic mass is 10.2. The molecule has 0 atom stereocenters. The Balaban J connectivity index is 2.16. The van der Waals surface area contributed by atoms with Crippen LogP contribution >= 0.6 is 0 Å². The molecule has 0 amide bonds. The average molecular weight is 170 g/mol. The van der Waals surface area contributed by atoms with Gasteiger partial charge in [0.2, 0.25) is 0 Å². The molecule has 72 valence electrons. The quantitative estimate of drug-likeness (QED) is 0.647. The number of hydrogen-bond donors (Lipinski definition) is 1. The number of likely N-dealkylation sites (N-methyl/N-ethyl adjacent to an activating group) is 1. The van der Waals surface area contributed by atoms with Gasteiger partial charge in [-0.25, -0.2) is 0 Å². The monoisotopic (exact) mass is 170 g/mol. The van der Waals surface area contributed by atoms with E-state index in [0.717, 1.165) is 12.5 Å². The Morgan fingerprint density at radius 3 is 2.50 bits per heavy atom. The second kappa shape index (κ2) is 4.83. The Hall–Kier alpha value is -0.0800. The highest BCUT2D eigenvalue weighted by Gasteiger charge is 2.24. The highest BCUT2D eigenvalue weighted by Crippen LogP contribution is 2.30. The third-order valence-electron chi connectivity index (χ3n) is 2.57. The van der Waals surface area contributed by atoms with Gasteiger partial charge in [0.1, 0.15) is 0 Å². The van der Waals surface area contributed by atoms with Crippen molar-refractivity contribution in [3.63, 3.8) is 0 Å². The van der Waals surface area contributed by atoms with E-state index in [4.69, 9.17) is 0 Å². The molecule has 1 rings (SSSR count). The molecule has 1 aliphatic rings. The molecule has 0 bridgehead atoms. The summed E-state index contributed by atoms with van der Waals surface area (Å²) < 4.78 is 0. The lowest BCUT2D eigenvalue weighted by Gasteiger charge is -2.26. The molecule has 0 aromatic carbocycles. The Kier molecular flexibility index (Phi) is 4.02. The van der Waals surface area contributed by atoms with Gasteiger partial charge < -0.3 is 5.32 Å². The summed E-state index contributed by atoms with van der Waals surface area (Å²) in [6.45, 7) is 8.21. The topological polar surface area (TPSA) is 15.3 Å². The molecule has 1 aliphatic carbocycles. The van der Waals surface area contributed by atoms with Crippen LogP contribution < -0.4 is 5.32 Å². The number of nitrogens with one attached hydrogen (secondary N) is 1. The third kappa shape index (κ3) is 3.55. The Morgan fingerprint density at radius 1 is 1.42 bits per heavy atom. The van der Waals surface area contributed by atoms with E-state index >= 15 is 0 Å². The highest BCUT2D eigenvalue weighted by molar-refractivity contribution is 4.78. The van der Waals surface area contributed by atoms with Crippen LogP contribution in [0.3, 0.4) is 0 Å². The van der Waals surface area contributed by atoms with Crippen LogP contribution in [0.4, 0.5) is 0 Å². The summed E-state index contributed by atoms with van der Waals surface area (Å²) in [6, 6.07) is 0.707. The maximum Gasteiger partial charge on any atom is 0.0110 e. The smallest absolute Gasteiger partial charge is 0.0110 e. The molecule has 0 unspecified atom stereocenters. The zero-order valence-corrected chi connectivity index (χ0v) is 8.64. The molecule has 0 spiro atoms. The van der Waals surface area contributed by atoms with E-state index in [0.29, 0.717) is 6.04 Å². The van der Waals surface area contributed by atoms with Gasteiger partial charge in [0.05, 0.1) is 0 Å². The summed E-state index contributed by atoms with van der Waals surface area (Å²) in [7, 11) is 2.02. The molecule has 12 heavy (non-hydrogen) atoms. The molecule has 0 radical (unpaired) electrons. The molecule has 0 aromatic rings. The lowest BCUT2D eigenvalue weighted by Crippen LogP contribution is -2.37. The SMILES string of the molecule is CNCCN(CC1CC1)C(C)C. The summed E-state index contributed by atoms with van der Waals surface area (Å²) in [5, 5.41) is 3.21. The first-order valence-corrected chi connectivity index (χ1v) is 5.12. The lowest BCUT2D eigenvalue weighted by molar-refractivity contribution is 0.214. The largest absolute Gasteiger partial charge is 0.318 e. The average Bonchev–Trinajstić information content (AvgIpc) is 2.80. The van der Waals surface area contributed by atoms with Crippen LogP contribution in [-0.4, -0.2) is 37.6 Å². The van der Waals surface area contributed by atoms with E-state index in [1.807, 2.05) is 7.05 Å². The minimum absolute atomic E-state index is 0.707. The van der Waals surface area contributed by atoms with Crippen molar-refractivity contribution in [2.75, 3.05) is 26.7 Å². The maximum atomic E-state index is 3.21. The van der Waals surface area contributed by atoms with Gasteiger partial charge >= 0.3 is 0 Å². The molecule has 1 saturated carbocycles. The first-order chi connectivity index (χ1) is 5.74. The van der Waals surface area contributed by atoms with E-state index in [2.05, 4.69) is 24.1 Å². The van der Waals surface area contributed by atoms with E-state index in [-0.39, 0.29) is 0 Å². The van der Waals surface area contributed by atoms with Crippen molar-refractivity contribution < 1.29 is 0 Å². The van der Waals surface area contributed by atoms with Crippen LogP contribution in [0.15, 0.2) is 0 Å². The fourth-order valence-electron chi connectivity index (χ4n) is 1.45. The second-order valence-electron chi connectivity index (χ2n) is 4.14. The summed E-state index contributed by atoms with van der Waals surface area (Å²) in [6.07, 6.45) is 2.92. The van der Waals surface area contributed by atoms with E-state index in [1.165, 1.54) is 25.9 Å². The van der Waals surface area contributed by atoms with Crippen molar-refractivity contribution in [2.45, 2.75) is 32.7 Å². The van der Waals surface area contributed by atoms with Crippen molar-refractivity contribution in [2.24, 2.45) is 5.92 Å². The van der Waals surface area contributed by atoms with E-state index < -0.39 is 0 Å². The normalized spacial score (nSPS) is 17.8. The summed E-state index contributed by atoms with van der Waals surface area (Å²) in [4.78, 5) is 2.58. The fourth-order valence-corrected chi connectivity index (χ4v) is 1.45. The van der Waals surface area contributed by atoms with Gasteiger partial charge in [-0.2, -0.15) is 0 Å². The van der Waals surface area contributed by atoms with Crippen molar-refractivity contribution >= 4 is 0 Å². The number of rotatable bonds is 6. The molecule has 0 aromatic heterocycles. The number of nitrogens with zero attached hydrogens (tertiary/aromatic N) is 1. The second-order valence-corrected chi connectivity index (χ2v) is 4.14. The van der Waals surface area contributed by atoms with Crippen molar-refractivity contribution in [1.29, 1.82) is 0 Å². The van der Waals surface area contributed by atoms with Crippen LogP contribution in [0.5, 0.6) is 0 Å². The highest BCUT2D eigenvalue weighted by atomic mass is 15.2. The maximum absolute atomic E-state index is 3.21. The molecule has 0 heterocycles.